The molecule has 0 bridgehead atoms. The van der Waals surface area contributed by atoms with Crippen molar-refractivity contribution in [3.63, 3.8) is 0 Å². The second-order valence-electron chi connectivity index (χ2n) is 1.65. The van der Waals surface area contributed by atoms with Gasteiger partial charge in [-0.2, -0.15) is 0 Å². The summed E-state index contributed by atoms with van der Waals surface area (Å²) in [4.78, 5) is 0. The first kappa shape index (κ1) is 10.8. The molecular weight excluding hydrogens is 170 g/mol. The molecule has 0 saturated carbocycles. The molecule has 0 atom stereocenters. The highest BCUT2D eigenvalue weighted by atomic mass is 31.2. The van der Waals surface area contributed by atoms with E-state index in [1.807, 2.05) is 0 Å². The van der Waals surface area contributed by atoms with Gasteiger partial charge in [-0.05, 0) is 13.8 Å². The van der Waals surface area contributed by atoms with E-state index in [1.165, 1.54) is 0 Å². The molecule has 11 heavy (non-hydrogen) atoms. The number of halogens is 1. The molecule has 0 unspecified atom stereocenters. The van der Waals surface area contributed by atoms with Crippen molar-refractivity contribution < 1.29 is 18.0 Å². The van der Waals surface area contributed by atoms with Gasteiger partial charge in [0.1, 0.15) is 0 Å². The zero-order chi connectivity index (χ0) is 8.74. The minimum absolute atomic E-state index is 0.173. The van der Waals surface area contributed by atoms with Gasteiger partial charge in [-0.1, -0.05) is 0 Å². The van der Waals surface area contributed by atoms with Crippen molar-refractivity contribution in [2.45, 2.75) is 13.8 Å². The van der Waals surface area contributed by atoms with Crippen molar-refractivity contribution in [3.8, 4) is 0 Å². The molecule has 0 heterocycles. The molecule has 0 aromatic carbocycles. The van der Waals surface area contributed by atoms with Crippen molar-refractivity contribution >= 4 is 7.60 Å². The van der Waals surface area contributed by atoms with Gasteiger partial charge in [0.05, 0.1) is 25.4 Å². The molecule has 0 N–H and O–H groups in total. The number of rotatable bonds is 5. The molecule has 0 aliphatic rings. The Labute approximate surface area is 65.7 Å². The molecule has 0 fully saturated rings. The van der Waals surface area contributed by atoms with Crippen molar-refractivity contribution in [3.05, 3.63) is 12.1 Å². The van der Waals surface area contributed by atoms with Gasteiger partial charge in [0.25, 0.3) is 0 Å². The third-order valence-electron chi connectivity index (χ3n) is 0.857. The molecule has 0 aromatic heterocycles. The number of hydrogen-bond acceptors (Lipinski definition) is 3. The summed E-state index contributed by atoms with van der Waals surface area (Å²) in [5.74, 6) is 0.806. The van der Waals surface area contributed by atoms with Gasteiger partial charge in [-0.3, -0.25) is 4.57 Å². The van der Waals surface area contributed by atoms with Crippen molar-refractivity contribution in [2.24, 2.45) is 0 Å². The van der Waals surface area contributed by atoms with Crippen LogP contribution < -0.4 is 0 Å². The van der Waals surface area contributed by atoms with Gasteiger partial charge in [0, 0.05) is 0 Å². The molecular formula is C6H12FO3P. The molecule has 0 radical (unpaired) electrons. The highest BCUT2D eigenvalue weighted by Crippen LogP contribution is 2.49. The second kappa shape index (κ2) is 5.47. The Morgan fingerprint density at radius 2 is 1.82 bits per heavy atom. The highest BCUT2D eigenvalue weighted by molar-refractivity contribution is 7.57. The quantitative estimate of drug-likeness (QED) is 0.613. The Balaban J connectivity index is 4.14. The molecule has 5 heteroatoms. The van der Waals surface area contributed by atoms with Crippen LogP contribution in [-0.4, -0.2) is 13.2 Å². The summed E-state index contributed by atoms with van der Waals surface area (Å²) in [5, 5.41) is 0. The van der Waals surface area contributed by atoms with E-state index in [-0.39, 0.29) is 19.5 Å². The first-order valence-electron chi connectivity index (χ1n) is 3.35. The van der Waals surface area contributed by atoms with Gasteiger partial charge in [-0.25, -0.2) is 4.39 Å². The van der Waals surface area contributed by atoms with Gasteiger partial charge < -0.3 is 9.05 Å². The molecule has 0 rings (SSSR count). The second-order valence-corrected chi connectivity index (χ2v) is 3.54. The topological polar surface area (TPSA) is 35.5 Å². The van der Waals surface area contributed by atoms with Crippen molar-refractivity contribution in [2.75, 3.05) is 13.2 Å². The first-order valence-corrected chi connectivity index (χ1v) is 4.96. The van der Waals surface area contributed by atoms with Crippen LogP contribution in [0.4, 0.5) is 4.39 Å². The van der Waals surface area contributed by atoms with Crippen LogP contribution in [-0.2, 0) is 13.6 Å². The fourth-order valence-electron chi connectivity index (χ4n) is 0.552. The lowest BCUT2D eigenvalue weighted by Gasteiger charge is -2.11. The van der Waals surface area contributed by atoms with E-state index in [0.29, 0.717) is 0 Å². The third kappa shape index (κ3) is 4.30. The maximum absolute atomic E-state index is 11.6. The summed E-state index contributed by atoms with van der Waals surface area (Å²) >= 11 is 0. The van der Waals surface area contributed by atoms with Crippen molar-refractivity contribution in [1.82, 2.24) is 0 Å². The zero-order valence-corrected chi connectivity index (χ0v) is 7.51. The first-order chi connectivity index (χ1) is 5.18. The summed E-state index contributed by atoms with van der Waals surface area (Å²) in [7, 11) is -3.27. The summed E-state index contributed by atoms with van der Waals surface area (Å²) in [6.45, 7) is 3.80. The Hall–Kier alpha value is -0.180. The van der Waals surface area contributed by atoms with Gasteiger partial charge >= 0.3 is 7.60 Å². The zero-order valence-electron chi connectivity index (χ0n) is 6.62. The van der Waals surface area contributed by atoms with Gasteiger partial charge in [0.2, 0.25) is 0 Å². The molecule has 0 aromatic rings. The van der Waals surface area contributed by atoms with Crippen LogP contribution in [0.3, 0.4) is 0 Å². The summed E-state index contributed by atoms with van der Waals surface area (Å²) < 4.78 is 32.3. The van der Waals surface area contributed by atoms with E-state index in [9.17, 15) is 8.96 Å². The van der Waals surface area contributed by atoms with Crippen LogP contribution in [0.5, 0.6) is 0 Å². The van der Waals surface area contributed by atoms with E-state index in [0.717, 1.165) is 5.82 Å². The monoisotopic (exact) mass is 182 g/mol. The molecule has 3 nitrogen and oxygen atoms in total. The normalized spacial score (nSPS) is 12.6. The molecule has 0 spiro atoms. The molecule has 0 saturated heterocycles. The van der Waals surface area contributed by atoms with E-state index in [4.69, 9.17) is 9.05 Å². The lowest BCUT2D eigenvalue weighted by atomic mass is 10.9. The molecule has 0 amide bonds. The van der Waals surface area contributed by atoms with Crippen LogP contribution in [0.1, 0.15) is 13.8 Å². The summed E-state index contributed by atoms with van der Waals surface area (Å²) in [5.41, 5.74) is 0. The Morgan fingerprint density at radius 1 is 1.36 bits per heavy atom. The maximum atomic E-state index is 11.6. The van der Waals surface area contributed by atoms with Crippen LogP contribution in [0.15, 0.2) is 12.1 Å². The fourth-order valence-corrected chi connectivity index (χ4v) is 1.66. The molecule has 0 aliphatic carbocycles. The standard InChI is InChI=1S/C6H12FO3P/c1-3-9-11(8,6-5-7)10-4-2/h5-6H,3-4H2,1-2H3. The molecule has 0 aliphatic heterocycles. The smallest absolute Gasteiger partial charge is 0.306 e. The predicted octanol–water partition coefficient (Wildman–Crippen LogP) is 2.69. The maximum Gasteiger partial charge on any atom is 0.356 e. The van der Waals surface area contributed by atoms with Crippen LogP contribution in [0, 0.1) is 0 Å². The third-order valence-corrected chi connectivity index (χ3v) is 2.57. The van der Waals surface area contributed by atoms with Crippen molar-refractivity contribution in [1.29, 1.82) is 0 Å². The number of hydrogen-bond donors (Lipinski definition) is 0. The average Bonchev–Trinajstić information content (AvgIpc) is 1.88. The van der Waals surface area contributed by atoms with Crippen LogP contribution in [0.25, 0.3) is 0 Å². The van der Waals surface area contributed by atoms with Gasteiger partial charge in [-0.15, -0.1) is 0 Å². The van der Waals surface area contributed by atoms with Crippen LogP contribution >= 0.6 is 7.60 Å². The molecule has 66 valence electrons. The minimum Gasteiger partial charge on any atom is -0.306 e. The lowest BCUT2D eigenvalue weighted by molar-refractivity contribution is 0.228. The summed E-state index contributed by atoms with van der Waals surface area (Å²) in [6, 6.07) is 0. The Morgan fingerprint density at radius 3 is 2.09 bits per heavy atom. The SMILES string of the molecule is CCOP(=O)(C=CF)OCC. The fraction of sp³-hybridized carbons (Fsp3) is 0.667. The van der Waals surface area contributed by atoms with E-state index in [2.05, 4.69) is 0 Å². The lowest BCUT2D eigenvalue weighted by Crippen LogP contribution is -1.92. The van der Waals surface area contributed by atoms with Crippen LogP contribution in [0.2, 0.25) is 0 Å². The highest BCUT2D eigenvalue weighted by Gasteiger charge is 2.18. The summed E-state index contributed by atoms with van der Waals surface area (Å²) in [6.07, 6.45) is 0.173. The van der Waals surface area contributed by atoms with E-state index in [1.54, 1.807) is 13.8 Å². The van der Waals surface area contributed by atoms with E-state index >= 15 is 0 Å². The minimum atomic E-state index is -3.27. The Kier molecular flexibility index (Phi) is 5.38. The largest absolute Gasteiger partial charge is 0.356 e. The van der Waals surface area contributed by atoms with E-state index < -0.39 is 7.60 Å². The predicted molar refractivity (Wildman–Crippen MR) is 41.1 cm³/mol. The Bertz CT molecular complexity index is 159. The van der Waals surface area contributed by atoms with Gasteiger partial charge in [0.15, 0.2) is 0 Å². The average molecular weight is 182 g/mol.